The first-order chi connectivity index (χ1) is 13.6. The molecule has 0 saturated carbocycles. The molecule has 2 aromatic heterocycles. The molecule has 0 aliphatic carbocycles. The van der Waals surface area contributed by atoms with Crippen molar-refractivity contribution in [2.75, 3.05) is 0 Å². The SMILES string of the molecule is Cc1cccc(C)c1N=c1scc(-c2ccccc2Br)n1N=Cc1ccc[nH]1. The van der Waals surface area contributed by atoms with Crippen molar-refractivity contribution in [2.24, 2.45) is 10.1 Å². The highest BCUT2D eigenvalue weighted by Crippen LogP contribution is 2.29. The van der Waals surface area contributed by atoms with E-state index in [0.29, 0.717) is 0 Å². The second-order valence-corrected chi connectivity index (χ2v) is 8.11. The smallest absolute Gasteiger partial charge is 0.211 e. The fraction of sp³-hybridized carbons (Fsp3) is 0.0909. The summed E-state index contributed by atoms with van der Waals surface area (Å²) in [5.41, 5.74) is 6.30. The highest BCUT2D eigenvalue weighted by Gasteiger charge is 2.11. The van der Waals surface area contributed by atoms with E-state index in [-0.39, 0.29) is 0 Å². The maximum atomic E-state index is 4.96. The highest BCUT2D eigenvalue weighted by atomic mass is 79.9. The number of hydrogen-bond acceptors (Lipinski definition) is 3. The number of para-hydroxylation sites is 1. The van der Waals surface area contributed by atoms with E-state index in [1.54, 1.807) is 11.3 Å². The summed E-state index contributed by atoms with van der Waals surface area (Å²) in [5.74, 6) is 0. The average molecular weight is 451 g/mol. The first-order valence-electron chi connectivity index (χ1n) is 8.87. The summed E-state index contributed by atoms with van der Waals surface area (Å²) in [7, 11) is 0. The van der Waals surface area contributed by atoms with Crippen LogP contribution in [0.2, 0.25) is 0 Å². The standard InChI is InChI=1S/C22H19BrN4S/c1-15-7-5-8-16(2)21(15)26-22-27(25-13-17-9-6-12-24-17)20(14-28-22)18-10-3-4-11-19(18)23/h3-14,24H,1-2H3. The van der Waals surface area contributed by atoms with Gasteiger partial charge in [-0.3, -0.25) is 0 Å². The summed E-state index contributed by atoms with van der Waals surface area (Å²) in [6.45, 7) is 4.17. The van der Waals surface area contributed by atoms with Gasteiger partial charge in [-0.05, 0) is 43.2 Å². The van der Waals surface area contributed by atoms with Gasteiger partial charge in [0.15, 0.2) is 0 Å². The van der Waals surface area contributed by atoms with Crippen LogP contribution < -0.4 is 4.80 Å². The van der Waals surface area contributed by atoms with E-state index in [9.17, 15) is 0 Å². The molecule has 0 amide bonds. The highest BCUT2D eigenvalue weighted by molar-refractivity contribution is 9.10. The third-order valence-electron chi connectivity index (χ3n) is 4.42. The van der Waals surface area contributed by atoms with Crippen molar-refractivity contribution in [2.45, 2.75) is 13.8 Å². The van der Waals surface area contributed by atoms with Gasteiger partial charge in [-0.1, -0.05) is 52.3 Å². The molecule has 4 aromatic rings. The van der Waals surface area contributed by atoms with Gasteiger partial charge in [0, 0.05) is 21.6 Å². The molecule has 2 heterocycles. The van der Waals surface area contributed by atoms with Crippen LogP contribution in [0.4, 0.5) is 5.69 Å². The number of hydrogen-bond donors (Lipinski definition) is 1. The first kappa shape index (κ1) is 18.7. The lowest BCUT2D eigenvalue weighted by molar-refractivity contribution is 0.852. The molecule has 0 bridgehead atoms. The molecule has 0 radical (unpaired) electrons. The van der Waals surface area contributed by atoms with Gasteiger partial charge in [-0.25, -0.2) is 9.67 Å². The Labute approximate surface area is 176 Å². The molecule has 6 heteroatoms. The second-order valence-electron chi connectivity index (χ2n) is 6.42. The summed E-state index contributed by atoms with van der Waals surface area (Å²) in [6, 6.07) is 18.3. The molecule has 4 nitrogen and oxygen atoms in total. The Bertz CT molecular complexity index is 1180. The van der Waals surface area contributed by atoms with Gasteiger partial charge in [0.2, 0.25) is 4.80 Å². The average Bonchev–Trinajstić information content (AvgIpc) is 3.33. The molecule has 0 aliphatic rings. The zero-order valence-corrected chi connectivity index (χ0v) is 18.0. The molecule has 0 atom stereocenters. The Balaban J connectivity index is 1.92. The van der Waals surface area contributed by atoms with E-state index < -0.39 is 0 Å². The van der Waals surface area contributed by atoms with Crippen molar-refractivity contribution in [3.8, 4) is 11.3 Å². The fourth-order valence-corrected chi connectivity index (χ4v) is 4.29. The van der Waals surface area contributed by atoms with Crippen LogP contribution in [0, 0.1) is 13.8 Å². The van der Waals surface area contributed by atoms with Gasteiger partial charge >= 0.3 is 0 Å². The maximum absolute atomic E-state index is 4.96. The molecule has 0 spiro atoms. The number of aromatic nitrogens is 2. The number of nitrogens with zero attached hydrogens (tertiary/aromatic N) is 3. The lowest BCUT2D eigenvalue weighted by Gasteiger charge is -2.06. The zero-order chi connectivity index (χ0) is 19.5. The van der Waals surface area contributed by atoms with Gasteiger partial charge in [-0.2, -0.15) is 5.10 Å². The molecular formula is C22H19BrN4S. The first-order valence-corrected chi connectivity index (χ1v) is 10.5. The van der Waals surface area contributed by atoms with Crippen LogP contribution >= 0.6 is 27.3 Å². The van der Waals surface area contributed by atoms with E-state index in [0.717, 1.165) is 43.0 Å². The largest absolute Gasteiger partial charge is 0.360 e. The molecular weight excluding hydrogens is 432 g/mol. The second kappa shape index (κ2) is 8.12. The molecule has 0 unspecified atom stereocenters. The van der Waals surface area contributed by atoms with Gasteiger partial charge in [0.05, 0.1) is 23.3 Å². The summed E-state index contributed by atoms with van der Waals surface area (Å²) in [5, 5.41) is 6.83. The number of nitrogens with one attached hydrogen (secondary N) is 1. The van der Waals surface area contributed by atoms with Crippen LogP contribution in [0.3, 0.4) is 0 Å². The Morgan fingerprint density at radius 3 is 2.50 bits per heavy atom. The Kier molecular flexibility index (Phi) is 5.41. The lowest BCUT2D eigenvalue weighted by atomic mass is 10.1. The molecule has 0 aliphatic heterocycles. The Morgan fingerprint density at radius 2 is 1.79 bits per heavy atom. The van der Waals surface area contributed by atoms with Crippen molar-refractivity contribution in [1.82, 2.24) is 9.66 Å². The molecule has 1 N–H and O–H groups in total. The van der Waals surface area contributed by atoms with Gasteiger partial charge in [-0.15, -0.1) is 11.3 Å². The van der Waals surface area contributed by atoms with Crippen molar-refractivity contribution < 1.29 is 0 Å². The molecule has 0 saturated heterocycles. The minimum Gasteiger partial charge on any atom is -0.360 e. The van der Waals surface area contributed by atoms with E-state index in [2.05, 4.69) is 64.4 Å². The minimum absolute atomic E-state index is 0.825. The van der Waals surface area contributed by atoms with Crippen molar-refractivity contribution in [3.05, 3.63) is 92.3 Å². The third kappa shape index (κ3) is 3.79. The number of aromatic amines is 1. The van der Waals surface area contributed by atoms with E-state index >= 15 is 0 Å². The molecule has 28 heavy (non-hydrogen) atoms. The normalized spacial score (nSPS) is 12.2. The summed E-state index contributed by atoms with van der Waals surface area (Å²) >= 11 is 5.24. The van der Waals surface area contributed by atoms with Crippen LogP contribution in [0.15, 0.2) is 80.7 Å². The van der Waals surface area contributed by atoms with Crippen molar-refractivity contribution >= 4 is 39.2 Å². The molecule has 140 valence electrons. The molecule has 0 fully saturated rings. The quantitative estimate of drug-likeness (QED) is 0.368. The van der Waals surface area contributed by atoms with Gasteiger partial charge < -0.3 is 4.98 Å². The number of benzene rings is 2. The van der Waals surface area contributed by atoms with Crippen molar-refractivity contribution in [1.29, 1.82) is 0 Å². The van der Waals surface area contributed by atoms with Gasteiger partial charge in [0.1, 0.15) is 0 Å². The summed E-state index contributed by atoms with van der Waals surface area (Å²) in [6.07, 6.45) is 3.70. The third-order valence-corrected chi connectivity index (χ3v) is 5.92. The van der Waals surface area contributed by atoms with E-state index in [1.807, 2.05) is 47.4 Å². The van der Waals surface area contributed by atoms with Crippen LogP contribution in [0.5, 0.6) is 0 Å². The minimum atomic E-state index is 0.825. The Hall–Kier alpha value is -2.70. The predicted octanol–water partition coefficient (Wildman–Crippen LogP) is 6.04. The van der Waals surface area contributed by atoms with Crippen LogP contribution in [-0.2, 0) is 0 Å². The fourth-order valence-electron chi connectivity index (χ4n) is 2.97. The monoisotopic (exact) mass is 450 g/mol. The molecule has 2 aromatic carbocycles. The Morgan fingerprint density at radius 1 is 1.00 bits per heavy atom. The van der Waals surface area contributed by atoms with E-state index in [4.69, 9.17) is 10.1 Å². The number of thiazole rings is 1. The topological polar surface area (TPSA) is 45.4 Å². The summed E-state index contributed by atoms with van der Waals surface area (Å²) in [4.78, 5) is 8.94. The molecule has 4 rings (SSSR count). The van der Waals surface area contributed by atoms with Gasteiger partial charge in [0.25, 0.3) is 0 Å². The summed E-state index contributed by atoms with van der Waals surface area (Å²) < 4.78 is 2.92. The zero-order valence-electron chi connectivity index (χ0n) is 15.6. The van der Waals surface area contributed by atoms with Crippen molar-refractivity contribution in [3.63, 3.8) is 0 Å². The van der Waals surface area contributed by atoms with Crippen LogP contribution in [0.1, 0.15) is 16.8 Å². The number of rotatable bonds is 4. The van der Waals surface area contributed by atoms with Crippen LogP contribution in [-0.4, -0.2) is 15.9 Å². The number of aryl methyl sites for hydroxylation is 2. The predicted molar refractivity (Wildman–Crippen MR) is 120 cm³/mol. The maximum Gasteiger partial charge on any atom is 0.211 e. The lowest BCUT2D eigenvalue weighted by Crippen LogP contribution is -2.12. The number of H-pyrrole nitrogens is 1. The van der Waals surface area contributed by atoms with E-state index in [1.165, 1.54) is 0 Å². The van der Waals surface area contributed by atoms with Crippen LogP contribution in [0.25, 0.3) is 11.3 Å². The number of halogens is 1.